The first-order valence-corrected chi connectivity index (χ1v) is 7.64. The van der Waals surface area contributed by atoms with Gasteiger partial charge in [0.15, 0.2) is 0 Å². The first-order chi connectivity index (χ1) is 9.58. The van der Waals surface area contributed by atoms with Crippen molar-refractivity contribution >= 4 is 27.5 Å². The molecule has 0 spiro atoms. The normalized spacial score (nSPS) is 12.4. The van der Waals surface area contributed by atoms with E-state index in [1.807, 2.05) is 24.3 Å². The lowest BCUT2D eigenvalue weighted by molar-refractivity contribution is 0.529. The van der Waals surface area contributed by atoms with Crippen molar-refractivity contribution in [3.8, 4) is 0 Å². The molecule has 0 bridgehead atoms. The Morgan fingerprint density at radius 2 is 1.80 bits per heavy atom. The van der Waals surface area contributed by atoms with Gasteiger partial charge in [-0.15, -0.1) is 0 Å². The van der Waals surface area contributed by atoms with Gasteiger partial charge in [0.1, 0.15) is 5.82 Å². The Bertz CT molecular complexity index is 571. The second-order valence-electron chi connectivity index (χ2n) is 4.87. The van der Waals surface area contributed by atoms with Crippen molar-refractivity contribution in [2.24, 2.45) is 11.7 Å². The molecule has 106 valence electrons. The van der Waals surface area contributed by atoms with Crippen LogP contribution < -0.4 is 5.73 Å². The van der Waals surface area contributed by atoms with Crippen LogP contribution in [-0.4, -0.2) is 6.54 Å². The van der Waals surface area contributed by atoms with Gasteiger partial charge in [-0.3, -0.25) is 0 Å². The van der Waals surface area contributed by atoms with E-state index >= 15 is 0 Å². The van der Waals surface area contributed by atoms with E-state index in [9.17, 15) is 4.39 Å². The third-order valence-corrected chi connectivity index (χ3v) is 4.31. The molecule has 0 aliphatic rings. The molecule has 0 aliphatic carbocycles. The van der Waals surface area contributed by atoms with Crippen LogP contribution >= 0.6 is 27.5 Å². The monoisotopic (exact) mass is 355 g/mol. The van der Waals surface area contributed by atoms with Gasteiger partial charge in [0.05, 0.1) is 0 Å². The Kier molecular flexibility index (Phi) is 5.58. The number of benzene rings is 2. The van der Waals surface area contributed by atoms with Crippen molar-refractivity contribution in [1.29, 1.82) is 0 Å². The van der Waals surface area contributed by atoms with Crippen molar-refractivity contribution in [3.05, 3.63) is 68.9 Å². The largest absolute Gasteiger partial charge is 0.330 e. The van der Waals surface area contributed by atoms with Crippen LogP contribution in [0, 0.1) is 11.7 Å². The summed E-state index contributed by atoms with van der Waals surface area (Å²) in [5.41, 5.74) is 8.00. The molecule has 0 amide bonds. The summed E-state index contributed by atoms with van der Waals surface area (Å²) >= 11 is 9.34. The van der Waals surface area contributed by atoms with Crippen LogP contribution in [0.25, 0.3) is 0 Å². The van der Waals surface area contributed by atoms with E-state index in [-0.39, 0.29) is 11.7 Å². The minimum Gasteiger partial charge on any atom is -0.330 e. The molecule has 0 aromatic heterocycles. The highest BCUT2D eigenvalue weighted by molar-refractivity contribution is 9.10. The average Bonchev–Trinajstić information content (AvgIpc) is 2.44. The minimum absolute atomic E-state index is 0.217. The highest BCUT2D eigenvalue weighted by Crippen LogP contribution is 2.23. The van der Waals surface area contributed by atoms with Gasteiger partial charge in [-0.25, -0.2) is 4.39 Å². The Morgan fingerprint density at radius 1 is 1.10 bits per heavy atom. The van der Waals surface area contributed by atoms with E-state index in [4.69, 9.17) is 17.3 Å². The third kappa shape index (κ3) is 4.30. The molecule has 0 heterocycles. The highest BCUT2D eigenvalue weighted by Gasteiger charge is 2.12. The standard InChI is InChI=1S/C16H16BrClFN/c17-16-6-5-15(19)9-13(16)8-12(10-20)7-11-1-3-14(18)4-2-11/h1-6,9,12H,7-8,10,20H2. The summed E-state index contributed by atoms with van der Waals surface area (Å²) in [6.07, 6.45) is 1.61. The molecule has 2 rings (SSSR count). The molecule has 20 heavy (non-hydrogen) atoms. The van der Waals surface area contributed by atoms with Gasteiger partial charge in [0, 0.05) is 9.50 Å². The van der Waals surface area contributed by atoms with E-state index in [0.29, 0.717) is 6.54 Å². The van der Waals surface area contributed by atoms with Crippen LogP contribution in [0.3, 0.4) is 0 Å². The van der Waals surface area contributed by atoms with Crippen LogP contribution in [0.4, 0.5) is 4.39 Å². The summed E-state index contributed by atoms with van der Waals surface area (Å²) in [4.78, 5) is 0. The van der Waals surface area contributed by atoms with E-state index in [1.165, 1.54) is 11.6 Å². The van der Waals surface area contributed by atoms with Gasteiger partial charge in [0.2, 0.25) is 0 Å². The quantitative estimate of drug-likeness (QED) is 0.832. The van der Waals surface area contributed by atoms with E-state index < -0.39 is 0 Å². The maximum Gasteiger partial charge on any atom is 0.123 e. The molecule has 1 atom stereocenters. The average molecular weight is 357 g/mol. The van der Waals surface area contributed by atoms with Crippen molar-refractivity contribution in [2.45, 2.75) is 12.8 Å². The van der Waals surface area contributed by atoms with Gasteiger partial charge in [-0.1, -0.05) is 39.7 Å². The number of hydrogen-bond acceptors (Lipinski definition) is 1. The fourth-order valence-corrected chi connectivity index (χ4v) is 2.74. The first kappa shape index (κ1) is 15.5. The summed E-state index contributed by atoms with van der Waals surface area (Å²) in [5.74, 6) is 0.0553. The van der Waals surface area contributed by atoms with E-state index in [1.54, 1.807) is 12.1 Å². The van der Waals surface area contributed by atoms with Crippen molar-refractivity contribution in [1.82, 2.24) is 0 Å². The molecule has 0 saturated heterocycles. The zero-order valence-corrected chi connectivity index (χ0v) is 13.3. The van der Waals surface area contributed by atoms with Gasteiger partial charge < -0.3 is 5.73 Å². The highest BCUT2D eigenvalue weighted by atomic mass is 79.9. The van der Waals surface area contributed by atoms with Crippen molar-refractivity contribution in [3.63, 3.8) is 0 Å². The minimum atomic E-state index is -0.217. The Labute approximate surface area is 132 Å². The van der Waals surface area contributed by atoms with Gasteiger partial charge in [-0.05, 0) is 66.8 Å². The lowest BCUT2D eigenvalue weighted by Gasteiger charge is -2.16. The maximum atomic E-state index is 13.3. The van der Waals surface area contributed by atoms with Gasteiger partial charge in [0.25, 0.3) is 0 Å². The number of halogens is 3. The van der Waals surface area contributed by atoms with Crippen molar-refractivity contribution in [2.75, 3.05) is 6.54 Å². The van der Waals surface area contributed by atoms with Crippen LogP contribution in [0.15, 0.2) is 46.9 Å². The number of rotatable bonds is 5. The molecule has 0 saturated carbocycles. The predicted molar refractivity (Wildman–Crippen MR) is 85.5 cm³/mol. The second-order valence-corrected chi connectivity index (χ2v) is 6.16. The lowest BCUT2D eigenvalue weighted by atomic mass is 9.92. The molecule has 1 nitrogen and oxygen atoms in total. The van der Waals surface area contributed by atoms with Crippen LogP contribution in [-0.2, 0) is 12.8 Å². The fraction of sp³-hybridized carbons (Fsp3) is 0.250. The Hall–Kier alpha value is -0.900. The molecule has 2 aromatic carbocycles. The molecule has 1 unspecified atom stereocenters. The summed E-state index contributed by atoms with van der Waals surface area (Å²) in [6.45, 7) is 0.561. The van der Waals surface area contributed by atoms with Gasteiger partial charge in [-0.2, -0.15) is 0 Å². The Balaban J connectivity index is 2.08. The van der Waals surface area contributed by atoms with E-state index in [2.05, 4.69) is 15.9 Å². The summed E-state index contributed by atoms with van der Waals surface area (Å²) in [6, 6.07) is 12.5. The van der Waals surface area contributed by atoms with Gasteiger partial charge >= 0.3 is 0 Å². The predicted octanol–water partition coefficient (Wildman–Crippen LogP) is 4.60. The second kappa shape index (κ2) is 7.21. The fourth-order valence-electron chi connectivity index (χ4n) is 2.20. The molecular weight excluding hydrogens is 341 g/mol. The molecule has 4 heteroatoms. The first-order valence-electron chi connectivity index (χ1n) is 6.47. The Morgan fingerprint density at radius 3 is 2.45 bits per heavy atom. The van der Waals surface area contributed by atoms with Crippen molar-refractivity contribution < 1.29 is 4.39 Å². The summed E-state index contributed by atoms with van der Waals surface area (Å²) in [5, 5.41) is 0.728. The topological polar surface area (TPSA) is 26.0 Å². The molecule has 0 fully saturated rings. The van der Waals surface area contributed by atoms with Crippen LogP contribution in [0.5, 0.6) is 0 Å². The molecule has 2 N–H and O–H groups in total. The van der Waals surface area contributed by atoms with Crippen LogP contribution in [0.2, 0.25) is 5.02 Å². The molecule has 0 radical (unpaired) electrons. The maximum absolute atomic E-state index is 13.3. The zero-order chi connectivity index (χ0) is 14.5. The number of hydrogen-bond donors (Lipinski definition) is 1. The summed E-state index contributed by atoms with van der Waals surface area (Å²) in [7, 11) is 0. The molecule has 2 aromatic rings. The molecular formula is C16H16BrClFN. The third-order valence-electron chi connectivity index (χ3n) is 3.29. The SMILES string of the molecule is NCC(Cc1ccc(Cl)cc1)Cc1cc(F)ccc1Br. The lowest BCUT2D eigenvalue weighted by Crippen LogP contribution is -2.19. The number of nitrogens with two attached hydrogens (primary N) is 1. The van der Waals surface area contributed by atoms with Crippen LogP contribution in [0.1, 0.15) is 11.1 Å². The zero-order valence-electron chi connectivity index (χ0n) is 11.0. The molecule has 0 aliphatic heterocycles. The van der Waals surface area contributed by atoms with E-state index in [0.717, 1.165) is 27.9 Å². The smallest absolute Gasteiger partial charge is 0.123 e. The summed E-state index contributed by atoms with van der Waals surface area (Å²) < 4.78 is 14.2.